The van der Waals surface area contributed by atoms with Crippen LogP contribution >= 0.6 is 0 Å². The first kappa shape index (κ1) is 12.3. The van der Waals surface area contributed by atoms with Crippen molar-refractivity contribution in [1.29, 1.82) is 0 Å². The van der Waals surface area contributed by atoms with E-state index in [-0.39, 0.29) is 17.9 Å². The summed E-state index contributed by atoms with van der Waals surface area (Å²) in [7, 11) is 1.55. The molecule has 1 unspecified atom stereocenters. The number of methoxy groups -OCH3 is 1. The van der Waals surface area contributed by atoms with Crippen molar-refractivity contribution in [1.82, 2.24) is 15.2 Å². The van der Waals surface area contributed by atoms with Crippen molar-refractivity contribution in [3.8, 4) is 5.88 Å². The molecule has 0 saturated carbocycles. The molecule has 1 N–H and O–H groups in total. The molecule has 1 saturated heterocycles. The van der Waals surface area contributed by atoms with Gasteiger partial charge in [0.05, 0.1) is 13.0 Å². The van der Waals surface area contributed by atoms with Crippen LogP contribution in [0.25, 0.3) is 0 Å². The Balaban J connectivity index is 2.04. The average molecular weight is 249 g/mol. The van der Waals surface area contributed by atoms with Crippen LogP contribution < -0.4 is 10.1 Å². The van der Waals surface area contributed by atoms with E-state index in [2.05, 4.69) is 10.3 Å². The van der Waals surface area contributed by atoms with E-state index in [1.807, 2.05) is 6.07 Å². The topological polar surface area (TPSA) is 71.5 Å². The van der Waals surface area contributed by atoms with Crippen LogP contribution in [0.1, 0.15) is 12.5 Å². The van der Waals surface area contributed by atoms with Crippen molar-refractivity contribution in [2.45, 2.75) is 13.5 Å². The number of carbonyl (C=O) groups is 2. The smallest absolute Gasteiger partial charge is 0.324 e. The molecule has 1 atom stereocenters. The fraction of sp³-hybridized carbons (Fsp3) is 0.417. The highest BCUT2D eigenvalue weighted by Gasteiger charge is 2.28. The van der Waals surface area contributed by atoms with E-state index >= 15 is 0 Å². The molecule has 6 nitrogen and oxygen atoms in total. The fourth-order valence-electron chi connectivity index (χ4n) is 1.79. The summed E-state index contributed by atoms with van der Waals surface area (Å²) in [5.41, 5.74) is 0.896. The van der Waals surface area contributed by atoms with Gasteiger partial charge in [-0.15, -0.1) is 0 Å². The predicted octanol–water partition coefficient (Wildman–Crippen LogP) is 0.778. The van der Waals surface area contributed by atoms with Crippen LogP contribution in [0, 0.1) is 5.92 Å². The molecule has 96 valence electrons. The number of pyridine rings is 1. The molecule has 0 radical (unpaired) electrons. The summed E-state index contributed by atoms with van der Waals surface area (Å²) in [6.07, 6.45) is 1.66. The summed E-state index contributed by atoms with van der Waals surface area (Å²) in [4.78, 5) is 28.6. The Kier molecular flexibility index (Phi) is 3.45. The Labute approximate surface area is 105 Å². The van der Waals surface area contributed by atoms with Gasteiger partial charge in [0.1, 0.15) is 0 Å². The summed E-state index contributed by atoms with van der Waals surface area (Å²) in [5, 5.41) is 2.32. The van der Waals surface area contributed by atoms with Crippen molar-refractivity contribution in [2.24, 2.45) is 5.92 Å². The fourth-order valence-corrected chi connectivity index (χ4v) is 1.79. The van der Waals surface area contributed by atoms with Crippen LogP contribution in [-0.4, -0.2) is 35.5 Å². The van der Waals surface area contributed by atoms with Crippen LogP contribution in [-0.2, 0) is 11.3 Å². The normalized spacial score (nSPS) is 19.7. The zero-order chi connectivity index (χ0) is 13.1. The first-order chi connectivity index (χ1) is 8.60. The van der Waals surface area contributed by atoms with Crippen molar-refractivity contribution in [3.63, 3.8) is 0 Å². The third kappa shape index (κ3) is 2.58. The van der Waals surface area contributed by atoms with Crippen molar-refractivity contribution >= 4 is 11.9 Å². The molecule has 3 amide bonds. The second-order valence-corrected chi connectivity index (χ2v) is 4.28. The summed E-state index contributed by atoms with van der Waals surface area (Å²) in [6.45, 7) is 2.65. The van der Waals surface area contributed by atoms with Gasteiger partial charge in [-0.05, 0) is 5.56 Å². The van der Waals surface area contributed by atoms with E-state index in [0.717, 1.165) is 5.56 Å². The molecule has 1 aliphatic heterocycles. The minimum Gasteiger partial charge on any atom is -0.481 e. The van der Waals surface area contributed by atoms with Gasteiger partial charge in [-0.25, -0.2) is 9.78 Å². The van der Waals surface area contributed by atoms with Gasteiger partial charge in [0.2, 0.25) is 11.8 Å². The van der Waals surface area contributed by atoms with E-state index < -0.39 is 0 Å². The van der Waals surface area contributed by atoms with Crippen LogP contribution in [0.3, 0.4) is 0 Å². The summed E-state index contributed by atoms with van der Waals surface area (Å²) < 4.78 is 4.96. The van der Waals surface area contributed by atoms with Gasteiger partial charge in [-0.2, -0.15) is 0 Å². The maximum absolute atomic E-state index is 11.6. The highest BCUT2D eigenvalue weighted by atomic mass is 16.5. The van der Waals surface area contributed by atoms with Crippen LogP contribution in [0.5, 0.6) is 5.88 Å². The largest absolute Gasteiger partial charge is 0.481 e. The van der Waals surface area contributed by atoms with Gasteiger partial charge < -0.3 is 9.64 Å². The lowest BCUT2D eigenvalue weighted by Crippen LogP contribution is -2.53. The number of hydrogen-bond donors (Lipinski definition) is 1. The quantitative estimate of drug-likeness (QED) is 0.859. The Hall–Kier alpha value is -2.11. The van der Waals surface area contributed by atoms with Gasteiger partial charge >= 0.3 is 6.03 Å². The lowest BCUT2D eigenvalue weighted by atomic mass is 10.1. The molecule has 0 spiro atoms. The van der Waals surface area contributed by atoms with Crippen LogP contribution in [0.15, 0.2) is 18.3 Å². The van der Waals surface area contributed by atoms with Gasteiger partial charge in [0.25, 0.3) is 0 Å². The van der Waals surface area contributed by atoms with Crippen LogP contribution in [0.2, 0.25) is 0 Å². The van der Waals surface area contributed by atoms with Crippen molar-refractivity contribution < 1.29 is 14.3 Å². The Morgan fingerprint density at radius 1 is 1.50 bits per heavy atom. The molecule has 18 heavy (non-hydrogen) atoms. The van der Waals surface area contributed by atoms with E-state index in [1.54, 1.807) is 31.2 Å². The zero-order valence-electron chi connectivity index (χ0n) is 10.3. The van der Waals surface area contributed by atoms with Crippen molar-refractivity contribution in [2.75, 3.05) is 13.7 Å². The summed E-state index contributed by atoms with van der Waals surface area (Å²) in [6, 6.07) is 3.24. The standard InChI is InChI=1S/C12H15N3O3/c1-8-6-15(12(17)14-11(8)16)7-9-3-4-10(18-2)13-5-9/h3-5,8H,6-7H2,1-2H3,(H,14,16,17). The zero-order valence-corrected chi connectivity index (χ0v) is 10.3. The minimum atomic E-state index is -0.353. The number of urea groups is 1. The number of nitrogens with zero attached hydrogens (tertiary/aromatic N) is 2. The van der Waals surface area contributed by atoms with Crippen molar-refractivity contribution in [3.05, 3.63) is 23.9 Å². The van der Waals surface area contributed by atoms with Gasteiger partial charge in [0, 0.05) is 25.4 Å². The number of nitrogens with one attached hydrogen (secondary N) is 1. The number of rotatable bonds is 3. The molecule has 0 aliphatic carbocycles. The molecular weight excluding hydrogens is 234 g/mol. The molecule has 1 aromatic rings. The third-order valence-electron chi connectivity index (χ3n) is 2.84. The number of amides is 3. The number of imide groups is 1. The third-order valence-corrected chi connectivity index (χ3v) is 2.84. The number of ether oxygens (including phenoxy) is 1. The molecule has 2 rings (SSSR count). The number of aromatic nitrogens is 1. The maximum atomic E-state index is 11.6. The molecule has 0 aromatic carbocycles. The summed E-state index contributed by atoms with van der Waals surface area (Å²) >= 11 is 0. The monoisotopic (exact) mass is 249 g/mol. The molecule has 1 aromatic heterocycles. The predicted molar refractivity (Wildman–Crippen MR) is 63.9 cm³/mol. The highest BCUT2D eigenvalue weighted by Crippen LogP contribution is 2.13. The minimum absolute atomic E-state index is 0.186. The molecule has 1 aliphatic rings. The van der Waals surface area contributed by atoms with E-state index in [9.17, 15) is 9.59 Å². The lowest BCUT2D eigenvalue weighted by molar-refractivity contribution is -0.125. The Morgan fingerprint density at radius 3 is 2.89 bits per heavy atom. The Bertz CT molecular complexity index is 458. The number of hydrogen-bond acceptors (Lipinski definition) is 4. The summed E-state index contributed by atoms with van der Waals surface area (Å²) in [5.74, 6) is 0.128. The SMILES string of the molecule is COc1ccc(CN2CC(C)C(=O)NC2=O)cn1. The molecule has 1 fully saturated rings. The number of carbonyl (C=O) groups excluding carboxylic acids is 2. The second kappa shape index (κ2) is 5.03. The maximum Gasteiger partial charge on any atom is 0.324 e. The molecule has 6 heteroatoms. The Morgan fingerprint density at radius 2 is 2.28 bits per heavy atom. The molecule has 2 heterocycles. The highest BCUT2D eigenvalue weighted by molar-refractivity contribution is 5.97. The molecular formula is C12H15N3O3. The first-order valence-electron chi connectivity index (χ1n) is 5.69. The van der Waals surface area contributed by atoms with Crippen LogP contribution in [0.4, 0.5) is 4.79 Å². The van der Waals surface area contributed by atoms with Gasteiger partial charge in [0.15, 0.2) is 0 Å². The van der Waals surface area contributed by atoms with Gasteiger partial charge in [-0.1, -0.05) is 13.0 Å². The second-order valence-electron chi connectivity index (χ2n) is 4.28. The average Bonchev–Trinajstić information content (AvgIpc) is 2.37. The lowest BCUT2D eigenvalue weighted by Gasteiger charge is -2.30. The van der Waals surface area contributed by atoms with Gasteiger partial charge in [-0.3, -0.25) is 10.1 Å². The van der Waals surface area contributed by atoms with E-state index in [0.29, 0.717) is 19.0 Å². The van der Waals surface area contributed by atoms with E-state index in [1.165, 1.54) is 0 Å². The first-order valence-corrected chi connectivity index (χ1v) is 5.69. The molecule has 0 bridgehead atoms. The van der Waals surface area contributed by atoms with E-state index in [4.69, 9.17) is 4.74 Å².